The number of benzene rings is 3. The lowest BCUT2D eigenvalue weighted by Crippen LogP contribution is -2.22. The summed E-state index contributed by atoms with van der Waals surface area (Å²) in [5, 5.41) is 5.18. The highest BCUT2D eigenvalue weighted by molar-refractivity contribution is 7.14. The molecule has 2 aromatic heterocycles. The lowest BCUT2D eigenvalue weighted by Gasteiger charge is -2.11. The molecule has 34 heavy (non-hydrogen) atoms. The van der Waals surface area contributed by atoms with E-state index in [0.29, 0.717) is 44.4 Å². The van der Waals surface area contributed by atoms with Crippen LogP contribution in [0.3, 0.4) is 0 Å². The molecular weight excluding hydrogens is 458 g/mol. The molecule has 6 nitrogen and oxygen atoms in total. The topological polar surface area (TPSA) is 76.9 Å². The number of nitrogens with one attached hydrogen (secondary N) is 1. The third-order valence-corrected chi connectivity index (χ3v) is 6.03. The van der Waals surface area contributed by atoms with Gasteiger partial charge in [0.05, 0.1) is 22.3 Å². The Kier molecular flexibility index (Phi) is 5.46. The van der Waals surface area contributed by atoms with E-state index in [1.807, 2.05) is 6.07 Å². The normalized spacial score (nSPS) is 11.0. The summed E-state index contributed by atoms with van der Waals surface area (Å²) in [5.74, 6) is -1.76. The van der Waals surface area contributed by atoms with E-state index in [2.05, 4.69) is 15.3 Å². The van der Waals surface area contributed by atoms with Crippen molar-refractivity contribution in [2.45, 2.75) is 6.92 Å². The maximum Gasteiger partial charge on any atom is 0.265 e. The van der Waals surface area contributed by atoms with Crippen LogP contribution in [0, 0.1) is 18.6 Å². The molecule has 5 rings (SSSR count). The molecule has 0 aliphatic rings. The first kappa shape index (κ1) is 21.6. The average molecular weight is 474 g/mol. The molecule has 0 bridgehead atoms. The number of rotatable bonds is 4. The molecule has 0 radical (unpaired) electrons. The second-order valence-electron chi connectivity index (χ2n) is 7.48. The minimum Gasteiger partial charge on any atom is -0.298 e. The van der Waals surface area contributed by atoms with Crippen LogP contribution in [0.4, 0.5) is 13.9 Å². The predicted octanol–water partition coefficient (Wildman–Crippen LogP) is 5.35. The standard InChI is InChI=1S/C25H16F2N4O2S/c1-14-28-21-5-3-2-4-18(21)24(33)31(14)17-9-6-15(7-10-17)23(32)30-25-29-22(13-34-25)16-8-11-19(26)20(27)12-16/h2-13H,1H3,(H,29,30,32). The van der Waals surface area contributed by atoms with Crippen LogP contribution in [-0.4, -0.2) is 20.4 Å². The smallest absolute Gasteiger partial charge is 0.265 e. The Morgan fingerprint density at radius 2 is 1.74 bits per heavy atom. The van der Waals surface area contributed by atoms with Crippen molar-refractivity contribution in [3.05, 3.63) is 105 Å². The molecule has 0 fully saturated rings. The quantitative estimate of drug-likeness (QED) is 0.381. The molecule has 3 aromatic carbocycles. The molecule has 1 N–H and O–H groups in total. The fourth-order valence-electron chi connectivity index (χ4n) is 3.60. The minimum atomic E-state index is -0.966. The summed E-state index contributed by atoms with van der Waals surface area (Å²) in [6.45, 7) is 1.75. The van der Waals surface area contributed by atoms with Gasteiger partial charge in [0.25, 0.3) is 11.5 Å². The van der Waals surface area contributed by atoms with Crippen LogP contribution in [0.2, 0.25) is 0 Å². The minimum absolute atomic E-state index is 0.187. The van der Waals surface area contributed by atoms with Crippen LogP contribution in [0.1, 0.15) is 16.2 Å². The van der Waals surface area contributed by atoms with Crippen molar-refractivity contribution >= 4 is 33.3 Å². The summed E-state index contributed by atoms with van der Waals surface area (Å²) < 4.78 is 28.1. The van der Waals surface area contributed by atoms with E-state index in [-0.39, 0.29) is 5.56 Å². The number of halogens is 2. The Bertz CT molecular complexity index is 1610. The van der Waals surface area contributed by atoms with Crippen molar-refractivity contribution in [2.24, 2.45) is 0 Å². The molecule has 0 saturated heterocycles. The highest BCUT2D eigenvalue weighted by Gasteiger charge is 2.13. The number of fused-ring (bicyclic) bond motifs is 1. The van der Waals surface area contributed by atoms with Gasteiger partial charge < -0.3 is 0 Å². The maximum atomic E-state index is 13.5. The Balaban J connectivity index is 1.37. The maximum absolute atomic E-state index is 13.5. The predicted molar refractivity (Wildman–Crippen MR) is 127 cm³/mol. The van der Waals surface area contributed by atoms with Gasteiger partial charge in [-0.05, 0) is 61.5 Å². The van der Waals surface area contributed by atoms with E-state index in [9.17, 15) is 18.4 Å². The first-order chi connectivity index (χ1) is 16.4. The largest absolute Gasteiger partial charge is 0.298 e. The summed E-state index contributed by atoms with van der Waals surface area (Å²) in [7, 11) is 0. The van der Waals surface area contributed by atoms with Crippen LogP contribution in [0.15, 0.2) is 76.9 Å². The van der Waals surface area contributed by atoms with E-state index in [1.54, 1.807) is 54.8 Å². The van der Waals surface area contributed by atoms with E-state index in [0.717, 1.165) is 12.1 Å². The molecule has 9 heteroatoms. The number of carbonyl (C=O) groups excluding carboxylic acids is 1. The molecule has 0 unspecified atom stereocenters. The number of anilines is 1. The monoisotopic (exact) mass is 474 g/mol. The lowest BCUT2D eigenvalue weighted by atomic mass is 10.1. The third kappa shape index (κ3) is 3.97. The number of nitrogens with zero attached hydrogens (tertiary/aromatic N) is 3. The first-order valence-corrected chi connectivity index (χ1v) is 11.1. The van der Waals surface area contributed by atoms with Gasteiger partial charge >= 0.3 is 0 Å². The molecular formula is C25H16F2N4O2S. The second-order valence-corrected chi connectivity index (χ2v) is 8.34. The fourth-order valence-corrected chi connectivity index (χ4v) is 4.31. The summed E-state index contributed by atoms with van der Waals surface area (Å²) >= 11 is 1.17. The molecule has 0 saturated carbocycles. The van der Waals surface area contributed by atoms with Gasteiger partial charge in [-0.15, -0.1) is 11.3 Å². The van der Waals surface area contributed by atoms with Crippen molar-refractivity contribution < 1.29 is 13.6 Å². The number of aromatic nitrogens is 3. The van der Waals surface area contributed by atoms with Crippen molar-refractivity contribution in [1.29, 1.82) is 0 Å². The Hall–Kier alpha value is -4.24. The highest BCUT2D eigenvalue weighted by atomic mass is 32.1. The Morgan fingerprint density at radius 1 is 0.971 bits per heavy atom. The Labute approximate surface area is 196 Å². The van der Waals surface area contributed by atoms with Crippen molar-refractivity contribution in [3.8, 4) is 16.9 Å². The first-order valence-electron chi connectivity index (χ1n) is 10.2. The summed E-state index contributed by atoms with van der Waals surface area (Å²) in [4.78, 5) is 34.4. The van der Waals surface area contributed by atoms with E-state index in [1.165, 1.54) is 22.0 Å². The van der Waals surface area contributed by atoms with Crippen LogP contribution >= 0.6 is 11.3 Å². The van der Waals surface area contributed by atoms with Gasteiger partial charge in [0.15, 0.2) is 16.8 Å². The van der Waals surface area contributed by atoms with Gasteiger partial charge in [0.2, 0.25) is 0 Å². The summed E-state index contributed by atoms with van der Waals surface area (Å²) in [6, 6.07) is 17.2. The van der Waals surface area contributed by atoms with Gasteiger partial charge in [-0.3, -0.25) is 19.5 Å². The third-order valence-electron chi connectivity index (χ3n) is 5.27. The molecule has 5 aromatic rings. The van der Waals surface area contributed by atoms with Gasteiger partial charge in [-0.25, -0.2) is 18.7 Å². The number of para-hydroxylation sites is 1. The number of hydrogen-bond acceptors (Lipinski definition) is 5. The molecule has 0 aliphatic heterocycles. The van der Waals surface area contributed by atoms with E-state index >= 15 is 0 Å². The SMILES string of the molecule is Cc1nc2ccccc2c(=O)n1-c1ccc(C(=O)Nc2nc(-c3ccc(F)c(F)c3)cs2)cc1. The highest BCUT2D eigenvalue weighted by Crippen LogP contribution is 2.26. The summed E-state index contributed by atoms with van der Waals surface area (Å²) in [6.07, 6.45) is 0. The van der Waals surface area contributed by atoms with Gasteiger partial charge in [-0.1, -0.05) is 12.1 Å². The molecule has 0 atom stereocenters. The number of aryl methyl sites for hydroxylation is 1. The molecule has 2 heterocycles. The van der Waals surface area contributed by atoms with Crippen LogP contribution in [0.25, 0.3) is 27.8 Å². The fraction of sp³-hybridized carbons (Fsp3) is 0.0400. The van der Waals surface area contributed by atoms with Gasteiger partial charge in [0.1, 0.15) is 5.82 Å². The van der Waals surface area contributed by atoms with Crippen LogP contribution in [0.5, 0.6) is 0 Å². The van der Waals surface area contributed by atoms with Gasteiger partial charge in [0, 0.05) is 16.5 Å². The zero-order valence-corrected chi connectivity index (χ0v) is 18.6. The molecule has 168 valence electrons. The van der Waals surface area contributed by atoms with Crippen molar-refractivity contribution in [3.63, 3.8) is 0 Å². The Morgan fingerprint density at radius 3 is 2.50 bits per heavy atom. The lowest BCUT2D eigenvalue weighted by molar-refractivity contribution is 0.102. The van der Waals surface area contributed by atoms with Crippen LogP contribution in [-0.2, 0) is 0 Å². The molecule has 0 aliphatic carbocycles. The van der Waals surface area contributed by atoms with E-state index < -0.39 is 17.5 Å². The van der Waals surface area contributed by atoms with Crippen LogP contribution < -0.4 is 10.9 Å². The zero-order valence-electron chi connectivity index (χ0n) is 17.8. The number of carbonyl (C=O) groups is 1. The zero-order chi connectivity index (χ0) is 23.8. The average Bonchev–Trinajstić information content (AvgIpc) is 3.29. The van der Waals surface area contributed by atoms with Crippen molar-refractivity contribution in [2.75, 3.05) is 5.32 Å². The van der Waals surface area contributed by atoms with Gasteiger partial charge in [-0.2, -0.15) is 0 Å². The molecule has 0 spiro atoms. The van der Waals surface area contributed by atoms with E-state index in [4.69, 9.17) is 0 Å². The number of thiazole rings is 1. The molecule has 1 amide bonds. The van der Waals surface area contributed by atoms with Crippen molar-refractivity contribution in [1.82, 2.24) is 14.5 Å². The number of hydrogen-bond donors (Lipinski definition) is 1. The number of amides is 1. The summed E-state index contributed by atoms with van der Waals surface area (Å²) in [5.41, 5.74) is 2.23. The second kappa shape index (κ2) is 8.60.